The van der Waals surface area contributed by atoms with Crippen LogP contribution in [-0.4, -0.2) is 38.3 Å². The van der Waals surface area contributed by atoms with E-state index in [0.717, 1.165) is 55.1 Å². The van der Waals surface area contributed by atoms with Crippen molar-refractivity contribution in [3.05, 3.63) is 70.1 Å². The Hall–Kier alpha value is -1.68. The van der Waals surface area contributed by atoms with Gasteiger partial charge < -0.3 is 15.2 Å². The van der Waals surface area contributed by atoms with Gasteiger partial charge in [-0.15, -0.1) is 24.0 Å². The van der Waals surface area contributed by atoms with Crippen molar-refractivity contribution in [1.29, 1.82) is 0 Å². The molecular formula is C24H35IN4O2S. The number of nitrogens with zero attached hydrogens (tertiary/aromatic N) is 2. The molecule has 1 aromatic heterocycles. The van der Waals surface area contributed by atoms with Crippen LogP contribution in [0.25, 0.3) is 0 Å². The number of aromatic nitrogens is 1. The van der Waals surface area contributed by atoms with Gasteiger partial charge in [0.1, 0.15) is 0 Å². The minimum Gasteiger partial charge on any atom is -0.357 e. The van der Waals surface area contributed by atoms with E-state index in [2.05, 4.69) is 41.8 Å². The lowest BCUT2D eigenvalue weighted by Gasteiger charge is -2.30. The fraction of sp³-hybridized carbons (Fsp3) is 0.500. The van der Waals surface area contributed by atoms with Crippen molar-refractivity contribution >= 4 is 40.7 Å². The van der Waals surface area contributed by atoms with Crippen molar-refractivity contribution in [3.63, 3.8) is 0 Å². The summed E-state index contributed by atoms with van der Waals surface area (Å²) in [6.07, 6.45) is 6.02. The molecule has 1 aliphatic rings. The Labute approximate surface area is 210 Å². The number of guanidine groups is 1. The first-order valence-electron chi connectivity index (χ1n) is 11.2. The summed E-state index contributed by atoms with van der Waals surface area (Å²) in [6, 6.07) is 13.8. The molecule has 0 radical (unpaired) electrons. The highest BCUT2D eigenvalue weighted by Gasteiger charge is 2.26. The largest absolute Gasteiger partial charge is 0.357 e. The Morgan fingerprint density at radius 3 is 2.56 bits per heavy atom. The van der Waals surface area contributed by atoms with Gasteiger partial charge in [0.05, 0.1) is 13.1 Å². The van der Waals surface area contributed by atoms with Crippen LogP contribution in [0.2, 0.25) is 0 Å². The third-order valence-corrected chi connectivity index (χ3v) is 7.40. The Bertz CT molecular complexity index is 946. The SMILES string of the molecule is CCNC(=NCc1ccc(Cn2ccccc2=O)cc1)NC1CCCC(S(=O)CC)C1.I. The predicted octanol–water partition coefficient (Wildman–Crippen LogP) is 3.65. The van der Waals surface area contributed by atoms with E-state index in [1.807, 2.05) is 13.0 Å². The van der Waals surface area contributed by atoms with E-state index in [9.17, 15) is 9.00 Å². The van der Waals surface area contributed by atoms with Gasteiger partial charge in [-0.05, 0) is 43.4 Å². The summed E-state index contributed by atoms with van der Waals surface area (Å²) >= 11 is 0. The summed E-state index contributed by atoms with van der Waals surface area (Å²) < 4.78 is 13.9. The molecule has 2 aromatic rings. The molecule has 0 bridgehead atoms. The molecule has 32 heavy (non-hydrogen) atoms. The van der Waals surface area contributed by atoms with Crippen molar-refractivity contribution in [3.8, 4) is 0 Å². The molecule has 1 aliphatic carbocycles. The van der Waals surface area contributed by atoms with Crippen LogP contribution in [0.3, 0.4) is 0 Å². The van der Waals surface area contributed by atoms with Crippen LogP contribution in [0.4, 0.5) is 0 Å². The minimum absolute atomic E-state index is 0. The van der Waals surface area contributed by atoms with Crippen LogP contribution in [-0.2, 0) is 23.9 Å². The number of benzene rings is 1. The van der Waals surface area contributed by atoms with Gasteiger partial charge in [0.25, 0.3) is 5.56 Å². The molecule has 1 fully saturated rings. The van der Waals surface area contributed by atoms with E-state index in [4.69, 9.17) is 4.99 Å². The van der Waals surface area contributed by atoms with E-state index in [-0.39, 0.29) is 29.5 Å². The van der Waals surface area contributed by atoms with Crippen molar-refractivity contribution < 1.29 is 4.21 Å². The van der Waals surface area contributed by atoms with Crippen LogP contribution in [0, 0.1) is 0 Å². The lowest BCUT2D eigenvalue weighted by atomic mass is 9.95. The average molecular weight is 571 g/mol. The molecule has 176 valence electrons. The first-order chi connectivity index (χ1) is 15.1. The van der Waals surface area contributed by atoms with Gasteiger partial charge in [-0.25, -0.2) is 4.99 Å². The number of aliphatic imine (C=N–C) groups is 1. The second-order valence-electron chi connectivity index (χ2n) is 7.98. The second kappa shape index (κ2) is 13.8. The summed E-state index contributed by atoms with van der Waals surface area (Å²) in [4.78, 5) is 16.6. The zero-order valence-electron chi connectivity index (χ0n) is 19.0. The zero-order chi connectivity index (χ0) is 22.1. The molecule has 3 unspecified atom stereocenters. The van der Waals surface area contributed by atoms with Gasteiger partial charge in [-0.3, -0.25) is 9.00 Å². The molecule has 8 heteroatoms. The zero-order valence-corrected chi connectivity index (χ0v) is 22.1. The molecule has 0 amide bonds. The maximum atomic E-state index is 12.2. The molecule has 0 saturated heterocycles. The van der Waals surface area contributed by atoms with Gasteiger partial charge in [0.2, 0.25) is 0 Å². The third kappa shape index (κ3) is 8.03. The highest BCUT2D eigenvalue weighted by atomic mass is 127. The van der Waals surface area contributed by atoms with Crippen molar-refractivity contribution in [2.75, 3.05) is 12.3 Å². The molecule has 3 atom stereocenters. The second-order valence-corrected chi connectivity index (χ2v) is 9.98. The number of hydrogen-bond acceptors (Lipinski definition) is 3. The van der Waals surface area contributed by atoms with Gasteiger partial charge in [-0.1, -0.05) is 43.7 Å². The standard InChI is InChI=1S/C24H34N4O2S.HI/c1-3-25-24(27-21-8-7-9-22(16-21)31(30)4-2)26-17-19-11-13-20(14-12-19)18-28-15-6-5-10-23(28)29;/h5-6,10-15,21-22H,3-4,7-9,16-18H2,1-2H3,(H2,25,26,27);1H. The summed E-state index contributed by atoms with van der Waals surface area (Å²) in [5.41, 5.74) is 2.21. The number of nitrogens with one attached hydrogen (secondary N) is 2. The number of pyridine rings is 1. The molecule has 1 saturated carbocycles. The maximum Gasteiger partial charge on any atom is 0.250 e. The minimum atomic E-state index is -0.726. The summed E-state index contributed by atoms with van der Waals surface area (Å²) in [5.74, 6) is 1.55. The Kier molecular flexibility index (Phi) is 11.4. The van der Waals surface area contributed by atoms with Crippen LogP contribution >= 0.6 is 24.0 Å². The molecule has 0 spiro atoms. The Morgan fingerprint density at radius 2 is 1.88 bits per heavy atom. The monoisotopic (exact) mass is 570 g/mol. The number of hydrogen-bond donors (Lipinski definition) is 2. The predicted molar refractivity (Wildman–Crippen MR) is 144 cm³/mol. The summed E-state index contributed by atoms with van der Waals surface area (Å²) in [7, 11) is -0.726. The highest BCUT2D eigenvalue weighted by Crippen LogP contribution is 2.23. The molecule has 2 N–H and O–H groups in total. The summed E-state index contributed by atoms with van der Waals surface area (Å²) in [6.45, 7) is 6.01. The molecule has 3 rings (SSSR count). The van der Waals surface area contributed by atoms with Gasteiger partial charge in [0, 0.05) is 46.7 Å². The first-order valence-corrected chi connectivity index (χ1v) is 12.6. The van der Waals surface area contributed by atoms with Crippen LogP contribution in [0.15, 0.2) is 58.4 Å². The van der Waals surface area contributed by atoms with Crippen LogP contribution in [0.1, 0.15) is 50.7 Å². The lowest BCUT2D eigenvalue weighted by Crippen LogP contribution is -2.46. The van der Waals surface area contributed by atoms with Crippen LogP contribution in [0.5, 0.6) is 0 Å². The molecule has 1 heterocycles. The fourth-order valence-electron chi connectivity index (χ4n) is 3.97. The van der Waals surface area contributed by atoms with Gasteiger partial charge in [-0.2, -0.15) is 0 Å². The lowest BCUT2D eigenvalue weighted by molar-refractivity contribution is 0.413. The van der Waals surface area contributed by atoms with Crippen molar-refractivity contribution in [2.24, 2.45) is 4.99 Å². The van der Waals surface area contributed by atoms with Crippen LogP contribution < -0.4 is 16.2 Å². The fourth-order valence-corrected chi connectivity index (χ4v) is 5.32. The Morgan fingerprint density at radius 1 is 1.12 bits per heavy atom. The average Bonchev–Trinajstić information content (AvgIpc) is 2.80. The Balaban J connectivity index is 0.00000363. The third-order valence-electron chi connectivity index (χ3n) is 5.66. The van der Waals surface area contributed by atoms with E-state index in [1.54, 1.807) is 22.9 Å². The van der Waals surface area contributed by atoms with Gasteiger partial charge >= 0.3 is 0 Å². The topological polar surface area (TPSA) is 75.5 Å². The normalized spacial score (nSPS) is 19.6. The van der Waals surface area contributed by atoms with Gasteiger partial charge in [0.15, 0.2) is 5.96 Å². The number of rotatable bonds is 8. The summed E-state index contributed by atoms with van der Waals surface area (Å²) in [5, 5.41) is 7.18. The molecular weight excluding hydrogens is 535 g/mol. The first kappa shape index (κ1) is 26.6. The van der Waals surface area contributed by atoms with E-state index in [1.165, 1.54) is 0 Å². The smallest absolute Gasteiger partial charge is 0.250 e. The maximum absolute atomic E-state index is 12.2. The quantitative estimate of drug-likeness (QED) is 0.289. The van der Waals surface area contributed by atoms with E-state index >= 15 is 0 Å². The molecule has 6 nitrogen and oxygen atoms in total. The molecule has 1 aromatic carbocycles. The van der Waals surface area contributed by atoms with E-state index in [0.29, 0.717) is 24.4 Å². The van der Waals surface area contributed by atoms with Crippen molar-refractivity contribution in [1.82, 2.24) is 15.2 Å². The highest BCUT2D eigenvalue weighted by molar-refractivity contribution is 14.0. The number of halogens is 1. The van der Waals surface area contributed by atoms with Crippen molar-refractivity contribution in [2.45, 2.75) is 63.9 Å². The molecule has 0 aliphatic heterocycles. The van der Waals surface area contributed by atoms with E-state index < -0.39 is 10.8 Å².